The molecule has 1 atom stereocenters. The van der Waals surface area contributed by atoms with Crippen LogP contribution in [0.2, 0.25) is 0 Å². The number of aromatic nitrogens is 7. The molecule has 3 aromatic heterocycles. The molecular formula is C15H20N8O. The van der Waals surface area contributed by atoms with Gasteiger partial charge in [0.15, 0.2) is 11.5 Å². The van der Waals surface area contributed by atoms with Crippen molar-refractivity contribution in [1.29, 1.82) is 0 Å². The minimum atomic E-state index is -0.844. The lowest BCUT2D eigenvalue weighted by Crippen LogP contribution is -2.51. The van der Waals surface area contributed by atoms with E-state index in [2.05, 4.69) is 30.5 Å². The lowest BCUT2D eigenvalue weighted by molar-refractivity contribution is 0.00581. The topological polar surface area (TPSA) is 97.3 Å². The fraction of sp³-hybridized carbons (Fsp3) is 0.533. The van der Waals surface area contributed by atoms with E-state index in [9.17, 15) is 5.11 Å². The second kappa shape index (κ2) is 5.82. The molecule has 4 rings (SSSR count). The first-order valence-electron chi connectivity index (χ1n) is 8.20. The van der Waals surface area contributed by atoms with Gasteiger partial charge in [0, 0.05) is 25.7 Å². The van der Waals surface area contributed by atoms with Gasteiger partial charge in [0.25, 0.3) is 0 Å². The van der Waals surface area contributed by atoms with Crippen molar-refractivity contribution in [2.75, 3.05) is 18.0 Å². The molecule has 0 saturated carbocycles. The van der Waals surface area contributed by atoms with Crippen molar-refractivity contribution in [2.24, 2.45) is 0 Å². The molecular weight excluding hydrogens is 308 g/mol. The maximum Gasteiger partial charge on any atom is 0.178 e. The first-order chi connectivity index (χ1) is 11.7. The van der Waals surface area contributed by atoms with Crippen molar-refractivity contribution < 1.29 is 5.11 Å². The molecule has 4 heterocycles. The second-order valence-corrected chi connectivity index (χ2v) is 6.28. The Kier molecular flexibility index (Phi) is 3.64. The van der Waals surface area contributed by atoms with Gasteiger partial charge in [0.05, 0.1) is 12.7 Å². The first kappa shape index (κ1) is 15.0. The van der Waals surface area contributed by atoms with Crippen LogP contribution in [-0.2, 0) is 13.0 Å². The third kappa shape index (κ3) is 2.71. The van der Waals surface area contributed by atoms with Crippen LogP contribution in [0.4, 0.5) is 5.82 Å². The molecule has 9 heteroatoms. The molecule has 1 fully saturated rings. The predicted octanol–water partition coefficient (Wildman–Crippen LogP) is 0.310. The molecule has 1 saturated heterocycles. The van der Waals surface area contributed by atoms with E-state index in [1.807, 2.05) is 19.1 Å². The van der Waals surface area contributed by atoms with Gasteiger partial charge in [-0.25, -0.2) is 4.68 Å². The molecule has 0 bridgehead atoms. The molecule has 1 N–H and O–H groups in total. The van der Waals surface area contributed by atoms with E-state index in [0.717, 1.165) is 43.1 Å². The van der Waals surface area contributed by atoms with Gasteiger partial charge in [0.2, 0.25) is 0 Å². The van der Waals surface area contributed by atoms with E-state index >= 15 is 0 Å². The van der Waals surface area contributed by atoms with Gasteiger partial charge in [0.1, 0.15) is 11.4 Å². The first-order valence-corrected chi connectivity index (χ1v) is 8.20. The van der Waals surface area contributed by atoms with Gasteiger partial charge < -0.3 is 10.0 Å². The Morgan fingerprint density at radius 1 is 1.29 bits per heavy atom. The van der Waals surface area contributed by atoms with Gasteiger partial charge in [-0.05, 0) is 25.0 Å². The van der Waals surface area contributed by atoms with Gasteiger partial charge >= 0.3 is 0 Å². The number of piperidine rings is 1. The number of aryl methyl sites for hydroxylation is 1. The summed E-state index contributed by atoms with van der Waals surface area (Å²) in [6.07, 6.45) is 5.80. The van der Waals surface area contributed by atoms with Crippen LogP contribution in [0, 0.1) is 0 Å². The normalized spacial score (nSPS) is 21.5. The van der Waals surface area contributed by atoms with Crippen LogP contribution >= 0.6 is 0 Å². The minimum absolute atomic E-state index is 0.429. The summed E-state index contributed by atoms with van der Waals surface area (Å²) in [5, 5.41) is 31.6. The van der Waals surface area contributed by atoms with Crippen molar-refractivity contribution in [2.45, 2.75) is 38.3 Å². The van der Waals surface area contributed by atoms with Crippen LogP contribution in [-0.4, -0.2) is 58.6 Å². The minimum Gasteiger partial charge on any atom is -0.386 e. The van der Waals surface area contributed by atoms with Crippen molar-refractivity contribution >= 4 is 11.5 Å². The van der Waals surface area contributed by atoms with Crippen LogP contribution in [0.5, 0.6) is 0 Å². The molecule has 126 valence electrons. The van der Waals surface area contributed by atoms with E-state index in [0.29, 0.717) is 13.1 Å². The summed E-state index contributed by atoms with van der Waals surface area (Å²) in [5.41, 5.74) is -0.103. The van der Waals surface area contributed by atoms with E-state index in [4.69, 9.17) is 0 Å². The van der Waals surface area contributed by atoms with Crippen LogP contribution in [0.15, 0.2) is 24.5 Å². The number of fused-ring (bicyclic) bond motifs is 1. The number of β-amino-alcohol motifs (C(OH)–C–C–N with tert-alkyl or cyclic N) is 1. The average Bonchev–Trinajstić information content (AvgIpc) is 3.23. The molecule has 1 aliphatic heterocycles. The molecule has 0 aliphatic carbocycles. The Bertz CT molecular complexity index is 829. The zero-order valence-electron chi connectivity index (χ0n) is 13.6. The third-order valence-electron chi connectivity index (χ3n) is 4.44. The summed E-state index contributed by atoms with van der Waals surface area (Å²) in [7, 11) is 0. The standard InChI is InChI=1S/C15H20N8O/c1-2-12-17-18-13-4-5-14(19-23(12)13)21-8-3-6-15(24,10-21)11-22-9-7-16-20-22/h4-5,7,9,24H,2-3,6,8,10-11H2,1H3. The number of aliphatic hydroxyl groups is 1. The monoisotopic (exact) mass is 328 g/mol. The van der Waals surface area contributed by atoms with Crippen LogP contribution in [0.3, 0.4) is 0 Å². The lowest BCUT2D eigenvalue weighted by Gasteiger charge is -2.39. The molecule has 9 nitrogen and oxygen atoms in total. The Hall–Kier alpha value is -2.55. The summed E-state index contributed by atoms with van der Waals surface area (Å²) in [6.45, 7) is 3.83. The molecule has 3 aromatic rings. The van der Waals surface area contributed by atoms with Gasteiger partial charge in [-0.3, -0.25) is 0 Å². The number of hydrogen-bond acceptors (Lipinski definition) is 7. The molecule has 1 aliphatic rings. The van der Waals surface area contributed by atoms with E-state index < -0.39 is 5.60 Å². The summed E-state index contributed by atoms with van der Waals surface area (Å²) in [4.78, 5) is 2.11. The smallest absolute Gasteiger partial charge is 0.178 e. The maximum absolute atomic E-state index is 11.0. The van der Waals surface area contributed by atoms with Crippen LogP contribution in [0.1, 0.15) is 25.6 Å². The molecule has 0 aromatic carbocycles. The highest BCUT2D eigenvalue weighted by molar-refractivity contribution is 5.46. The molecule has 24 heavy (non-hydrogen) atoms. The Morgan fingerprint density at radius 3 is 3.00 bits per heavy atom. The molecule has 0 radical (unpaired) electrons. The fourth-order valence-corrected chi connectivity index (χ4v) is 3.27. The van der Waals surface area contributed by atoms with Crippen molar-refractivity contribution in [3.63, 3.8) is 0 Å². The maximum atomic E-state index is 11.0. The number of nitrogens with zero attached hydrogens (tertiary/aromatic N) is 8. The van der Waals surface area contributed by atoms with E-state index in [1.54, 1.807) is 21.6 Å². The van der Waals surface area contributed by atoms with Crippen LogP contribution in [0.25, 0.3) is 5.65 Å². The molecule has 1 unspecified atom stereocenters. The fourth-order valence-electron chi connectivity index (χ4n) is 3.27. The van der Waals surface area contributed by atoms with Crippen LogP contribution < -0.4 is 4.90 Å². The SMILES string of the molecule is CCc1nnc2ccc(N3CCCC(O)(Cn4ccnn4)C3)nn12. The van der Waals surface area contributed by atoms with Crippen molar-refractivity contribution in [1.82, 2.24) is 34.8 Å². The third-order valence-corrected chi connectivity index (χ3v) is 4.44. The Labute approximate surface area is 138 Å². The summed E-state index contributed by atoms with van der Waals surface area (Å²) in [5.74, 6) is 1.66. The number of anilines is 1. The predicted molar refractivity (Wildman–Crippen MR) is 86.6 cm³/mol. The number of rotatable bonds is 4. The Balaban J connectivity index is 1.59. The van der Waals surface area contributed by atoms with Gasteiger partial charge in [-0.15, -0.1) is 20.4 Å². The lowest BCUT2D eigenvalue weighted by atomic mass is 9.93. The second-order valence-electron chi connectivity index (χ2n) is 6.28. The zero-order chi connectivity index (χ0) is 16.6. The highest BCUT2D eigenvalue weighted by Crippen LogP contribution is 2.26. The van der Waals surface area contributed by atoms with Crippen molar-refractivity contribution in [3.8, 4) is 0 Å². The molecule has 0 amide bonds. The molecule has 0 spiro atoms. The summed E-state index contributed by atoms with van der Waals surface area (Å²) >= 11 is 0. The summed E-state index contributed by atoms with van der Waals surface area (Å²) in [6, 6.07) is 3.85. The van der Waals surface area contributed by atoms with E-state index in [-0.39, 0.29) is 0 Å². The number of hydrogen-bond donors (Lipinski definition) is 1. The average molecular weight is 328 g/mol. The Morgan fingerprint density at radius 2 is 2.21 bits per heavy atom. The quantitative estimate of drug-likeness (QED) is 0.736. The zero-order valence-corrected chi connectivity index (χ0v) is 13.6. The highest BCUT2D eigenvalue weighted by Gasteiger charge is 2.34. The summed E-state index contributed by atoms with van der Waals surface area (Å²) < 4.78 is 3.45. The van der Waals surface area contributed by atoms with E-state index in [1.165, 1.54) is 0 Å². The van der Waals surface area contributed by atoms with Gasteiger partial charge in [-0.2, -0.15) is 4.52 Å². The highest BCUT2D eigenvalue weighted by atomic mass is 16.3. The van der Waals surface area contributed by atoms with Crippen molar-refractivity contribution in [3.05, 3.63) is 30.4 Å². The largest absolute Gasteiger partial charge is 0.386 e. The van der Waals surface area contributed by atoms with Gasteiger partial charge in [-0.1, -0.05) is 12.1 Å².